The molecule has 2 rings (SSSR count). The SMILES string of the molecule is CC(C)(C)c1cc(C(C)(C)C)n(Cc2ccccn2)n1. The molecular formula is C17H25N3. The van der Waals surface area contributed by atoms with Crippen molar-refractivity contribution < 1.29 is 0 Å². The summed E-state index contributed by atoms with van der Waals surface area (Å²) >= 11 is 0. The number of hydrogen-bond acceptors (Lipinski definition) is 2. The second-order valence-electron chi connectivity index (χ2n) is 7.39. The molecular weight excluding hydrogens is 246 g/mol. The van der Waals surface area contributed by atoms with Crippen LogP contribution in [0.3, 0.4) is 0 Å². The third kappa shape index (κ3) is 3.27. The molecule has 0 aromatic carbocycles. The van der Waals surface area contributed by atoms with E-state index < -0.39 is 0 Å². The lowest BCUT2D eigenvalue weighted by Gasteiger charge is -2.20. The van der Waals surface area contributed by atoms with E-state index in [0.29, 0.717) is 0 Å². The molecule has 2 aromatic rings. The summed E-state index contributed by atoms with van der Waals surface area (Å²) in [4.78, 5) is 4.41. The van der Waals surface area contributed by atoms with Gasteiger partial charge in [-0.2, -0.15) is 5.10 Å². The maximum atomic E-state index is 4.82. The van der Waals surface area contributed by atoms with Crippen molar-refractivity contribution in [3.8, 4) is 0 Å². The Morgan fingerprint density at radius 2 is 1.70 bits per heavy atom. The Morgan fingerprint density at radius 1 is 1.00 bits per heavy atom. The van der Waals surface area contributed by atoms with E-state index in [2.05, 4.69) is 57.3 Å². The highest BCUT2D eigenvalue weighted by molar-refractivity contribution is 5.23. The first-order valence-corrected chi connectivity index (χ1v) is 7.16. The Bertz CT molecular complexity index is 569. The minimum Gasteiger partial charge on any atom is -0.263 e. The Balaban J connectivity index is 2.43. The summed E-state index contributed by atoms with van der Waals surface area (Å²) in [5, 5.41) is 4.82. The van der Waals surface area contributed by atoms with Crippen molar-refractivity contribution in [2.75, 3.05) is 0 Å². The molecule has 2 aromatic heterocycles. The number of aromatic nitrogens is 3. The van der Waals surface area contributed by atoms with Crippen LogP contribution in [0.15, 0.2) is 30.5 Å². The third-order valence-corrected chi connectivity index (χ3v) is 3.35. The number of pyridine rings is 1. The van der Waals surface area contributed by atoms with E-state index in [-0.39, 0.29) is 10.8 Å². The first-order chi connectivity index (χ1) is 9.18. The van der Waals surface area contributed by atoms with Gasteiger partial charge in [0.05, 0.1) is 17.9 Å². The van der Waals surface area contributed by atoms with E-state index >= 15 is 0 Å². The Morgan fingerprint density at radius 3 is 2.20 bits per heavy atom. The van der Waals surface area contributed by atoms with Gasteiger partial charge in [0.1, 0.15) is 0 Å². The Hall–Kier alpha value is -1.64. The van der Waals surface area contributed by atoms with Crippen LogP contribution in [0.25, 0.3) is 0 Å². The molecule has 0 N–H and O–H groups in total. The van der Waals surface area contributed by atoms with Crippen LogP contribution >= 0.6 is 0 Å². The molecule has 3 heteroatoms. The normalized spacial score (nSPS) is 12.7. The fourth-order valence-electron chi connectivity index (χ4n) is 2.15. The number of hydrogen-bond donors (Lipinski definition) is 0. The minimum atomic E-state index is 0.0648. The lowest BCUT2D eigenvalue weighted by Crippen LogP contribution is -2.19. The fourth-order valence-corrected chi connectivity index (χ4v) is 2.15. The molecule has 0 aliphatic carbocycles. The molecule has 0 aliphatic rings. The van der Waals surface area contributed by atoms with Crippen LogP contribution in [0.4, 0.5) is 0 Å². The molecule has 0 radical (unpaired) electrons. The zero-order valence-corrected chi connectivity index (χ0v) is 13.4. The van der Waals surface area contributed by atoms with Crippen LogP contribution in [0.5, 0.6) is 0 Å². The van der Waals surface area contributed by atoms with Crippen LogP contribution in [-0.2, 0) is 17.4 Å². The van der Waals surface area contributed by atoms with E-state index in [1.54, 1.807) is 0 Å². The van der Waals surface area contributed by atoms with Crippen LogP contribution in [0, 0.1) is 0 Å². The molecule has 0 amide bonds. The summed E-state index contributed by atoms with van der Waals surface area (Å²) < 4.78 is 2.10. The van der Waals surface area contributed by atoms with Crippen molar-refractivity contribution in [2.45, 2.75) is 58.9 Å². The maximum absolute atomic E-state index is 4.82. The molecule has 20 heavy (non-hydrogen) atoms. The van der Waals surface area contributed by atoms with Crippen LogP contribution in [0.1, 0.15) is 58.6 Å². The molecule has 0 spiro atoms. The zero-order valence-electron chi connectivity index (χ0n) is 13.4. The number of rotatable bonds is 2. The van der Waals surface area contributed by atoms with Crippen molar-refractivity contribution >= 4 is 0 Å². The lowest BCUT2D eigenvalue weighted by atomic mass is 9.88. The van der Waals surface area contributed by atoms with Gasteiger partial charge in [0, 0.05) is 22.7 Å². The van der Waals surface area contributed by atoms with Crippen LogP contribution < -0.4 is 0 Å². The smallest absolute Gasteiger partial charge is 0.0834 e. The lowest BCUT2D eigenvalue weighted by molar-refractivity contribution is 0.493. The predicted molar refractivity (Wildman–Crippen MR) is 83.0 cm³/mol. The largest absolute Gasteiger partial charge is 0.263 e. The summed E-state index contributed by atoms with van der Waals surface area (Å²) in [7, 11) is 0. The second-order valence-corrected chi connectivity index (χ2v) is 7.39. The maximum Gasteiger partial charge on any atom is 0.0834 e. The minimum absolute atomic E-state index is 0.0648. The van der Waals surface area contributed by atoms with E-state index in [0.717, 1.165) is 17.9 Å². The first-order valence-electron chi connectivity index (χ1n) is 7.16. The summed E-state index contributed by atoms with van der Waals surface area (Å²) in [5.74, 6) is 0. The van der Waals surface area contributed by atoms with Gasteiger partial charge in [-0.15, -0.1) is 0 Å². The van der Waals surface area contributed by atoms with Gasteiger partial charge in [0.25, 0.3) is 0 Å². The van der Waals surface area contributed by atoms with E-state index in [9.17, 15) is 0 Å². The van der Waals surface area contributed by atoms with Gasteiger partial charge in [-0.3, -0.25) is 9.67 Å². The van der Waals surface area contributed by atoms with Gasteiger partial charge in [-0.1, -0.05) is 47.6 Å². The molecule has 3 nitrogen and oxygen atoms in total. The van der Waals surface area contributed by atoms with E-state index in [1.807, 2.05) is 24.4 Å². The van der Waals surface area contributed by atoms with Crippen molar-refractivity contribution in [3.05, 3.63) is 47.5 Å². The Kier molecular flexibility index (Phi) is 3.72. The van der Waals surface area contributed by atoms with Gasteiger partial charge in [0.15, 0.2) is 0 Å². The average Bonchev–Trinajstić information content (AvgIpc) is 2.74. The van der Waals surface area contributed by atoms with Gasteiger partial charge >= 0.3 is 0 Å². The molecule has 0 saturated heterocycles. The topological polar surface area (TPSA) is 30.7 Å². The van der Waals surface area contributed by atoms with Crippen molar-refractivity contribution in [1.82, 2.24) is 14.8 Å². The Labute approximate surface area is 122 Å². The second kappa shape index (κ2) is 5.04. The summed E-state index contributed by atoms with van der Waals surface area (Å²) in [6, 6.07) is 8.25. The molecule has 0 bridgehead atoms. The van der Waals surface area contributed by atoms with Crippen molar-refractivity contribution in [3.63, 3.8) is 0 Å². The van der Waals surface area contributed by atoms with Crippen molar-refractivity contribution in [1.29, 1.82) is 0 Å². The monoisotopic (exact) mass is 271 g/mol. The predicted octanol–water partition coefficient (Wildman–Crippen LogP) is 3.92. The van der Waals surface area contributed by atoms with Crippen LogP contribution in [0.2, 0.25) is 0 Å². The summed E-state index contributed by atoms with van der Waals surface area (Å²) in [6.07, 6.45) is 1.83. The fraction of sp³-hybridized carbons (Fsp3) is 0.529. The first kappa shape index (κ1) is 14.8. The van der Waals surface area contributed by atoms with Gasteiger partial charge in [-0.05, 0) is 18.2 Å². The summed E-state index contributed by atoms with van der Waals surface area (Å²) in [6.45, 7) is 14.0. The molecule has 108 valence electrons. The molecule has 0 saturated carbocycles. The van der Waals surface area contributed by atoms with E-state index in [1.165, 1.54) is 5.69 Å². The summed E-state index contributed by atoms with van der Waals surface area (Å²) in [5.41, 5.74) is 3.58. The highest BCUT2D eigenvalue weighted by Crippen LogP contribution is 2.28. The molecule has 2 heterocycles. The van der Waals surface area contributed by atoms with Gasteiger partial charge in [0.2, 0.25) is 0 Å². The van der Waals surface area contributed by atoms with Crippen molar-refractivity contribution in [2.24, 2.45) is 0 Å². The van der Waals surface area contributed by atoms with Crippen LogP contribution in [-0.4, -0.2) is 14.8 Å². The zero-order chi connectivity index (χ0) is 15.0. The third-order valence-electron chi connectivity index (χ3n) is 3.35. The van der Waals surface area contributed by atoms with Gasteiger partial charge in [-0.25, -0.2) is 0 Å². The highest BCUT2D eigenvalue weighted by Gasteiger charge is 2.25. The molecule has 0 fully saturated rings. The van der Waals surface area contributed by atoms with Gasteiger partial charge < -0.3 is 0 Å². The van der Waals surface area contributed by atoms with E-state index in [4.69, 9.17) is 5.10 Å². The number of nitrogens with zero attached hydrogens (tertiary/aromatic N) is 3. The standard InChI is InChI=1S/C17H25N3/c1-16(2,3)14-11-15(17(4,5)6)20(19-14)12-13-9-7-8-10-18-13/h7-11H,12H2,1-6H3. The quantitative estimate of drug-likeness (QED) is 0.828. The molecule has 0 unspecified atom stereocenters. The average molecular weight is 271 g/mol. The highest BCUT2D eigenvalue weighted by atomic mass is 15.3. The molecule has 0 aliphatic heterocycles. The molecule has 0 atom stereocenters.